The first-order chi connectivity index (χ1) is 8.43. The quantitative estimate of drug-likeness (QED) is 0.493. The van der Waals surface area contributed by atoms with Gasteiger partial charge in [0.05, 0.1) is 0 Å². The summed E-state index contributed by atoms with van der Waals surface area (Å²) in [6, 6.07) is 12.9. The first-order valence-corrected chi connectivity index (χ1v) is 6.87. The molecule has 2 aromatic rings. The molecule has 0 saturated carbocycles. The van der Waals surface area contributed by atoms with Gasteiger partial charge in [-0.05, 0) is 11.8 Å². The monoisotopic (exact) mass is 290 g/mol. The van der Waals surface area contributed by atoms with Gasteiger partial charge < -0.3 is 0 Å². The van der Waals surface area contributed by atoms with Crippen molar-refractivity contribution in [3.8, 4) is 0 Å². The van der Waals surface area contributed by atoms with E-state index in [0.717, 1.165) is 0 Å². The maximum atomic E-state index is 2.22. The fourth-order valence-electron chi connectivity index (χ4n) is 2.34. The molecule has 0 aliphatic heterocycles. The predicted octanol–water partition coefficient (Wildman–Crippen LogP) is 5.67. The molecule has 19 heavy (non-hydrogen) atoms. The van der Waals surface area contributed by atoms with Crippen molar-refractivity contribution < 1.29 is 21.7 Å². The van der Waals surface area contributed by atoms with Crippen LogP contribution >= 0.6 is 0 Å². The minimum Gasteiger partial charge on any atom is -0.213 e. The van der Waals surface area contributed by atoms with Crippen LogP contribution in [0.5, 0.6) is 0 Å². The summed E-state index contributed by atoms with van der Waals surface area (Å²) in [6.45, 7) is 13.2. The average Bonchev–Trinajstić information content (AvgIpc) is 2.87. The third-order valence-corrected chi connectivity index (χ3v) is 3.40. The normalized spacial score (nSPS) is 10.1. The smallest absolute Gasteiger partial charge is 0.213 e. The Hall–Kier alpha value is -0.586. The Morgan fingerprint density at radius 1 is 0.737 bits per heavy atom. The summed E-state index contributed by atoms with van der Waals surface area (Å²) in [5.74, 6) is 1.36. The first kappa shape index (κ1) is 18.4. The molecule has 0 aliphatic carbocycles. The Bertz CT molecular complexity index is 413. The molecule has 0 nitrogen and oxygen atoms in total. The minimum absolute atomic E-state index is 0. The Morgan fingerprint density at radius 2 is 1.05 bits per heavy atom. The zero-order chi connectivity index (χ0) is 13.7. The van der Waals surface area contributed by atoms with Crippen molar-refractivity contribution >= 4 is 0 Å². The van der Waals surface area contributed by atoms with Crippen molar-refractivity contribution in [2.24, 2.45) is 0 Å². The van der Waals surface area contributed by atoms with E-state index in [1.807, 2.05) is 0 Å². The fraction of sp³-hybridized carbons (Fsp3) is 0.444. The van der Waals surface area contributed by atoms with Gasteiger partial charge in [0, 0.05) is 0 Å². The molecule has 0 bridgehead atoms. The Labute approximate surface area is 133 Å². The van der Waals surface area contributed by atoms with Crippen LogP contribution in [0, 0.1) is 13.8 Å². The van der Waals surface area contributed by atoms with E-state index in [9.17, 15) is 0 Å². The first-order valence-electron chi connectivity index (χ1n) is 6.87. The second-order valence-electron chi connectivity index (χ2n) is 5.64. The van der Waals surface area contributed by atoms with Gasteiger partial charge in [-0.2, -0.15) is 34.4 Å². The van der Waals surface area contributed by atoms with Crippen LogP contribution in [0.15, 0.2) is 36.4 Å². The Balaban J connectivity index is 0.000000324. The van der Waals surface area contributed by atoms with Crippen molar-refractivity contribution in [1.29, 1.82) is 0 Å². The third-order valence-electron chi connectivity index (χ3n) is 3.40. The second-order valence-corrected chi connectivity index (χ2v) is 5.64. The fourth-order valence-corrected chi connectivity index (χ4v) is 2.34. The molecular formula is C18H26Ti. The van der Waals surface area contributed by atoms with Gasteiger partial charge in [0.25, 0.3) is 0 Å². The van der Waals surface area contributed by atoms with E-state index in [2.05, 4.69) is 77.9 Å². The van der Waals surface area contributed by atoms with Crippen molar-refractivity contribution in [1.82, 2.24) is 0 Å². The zero-order valence-electron chi connectivity index (χ0n) is 13.1. The molecule has 1 heteroatoms. The van der Waals surface area contributed by atoms with Crippen LogP contribution in [-0.4, -0.2) is 0 Å². The van der Waals surface area contributed by atoms with Gasteiger partial charge in [-0.25, -0.2) is 24.3 Å². The van der Waals surface area contributed by atoms with Crippen molar-refractivity contribution in [3.05, 3.63) is 58.7 Å². The van der Waals surface area contributed by atoms with Crippen LogP contribution in [0.2, 0.25) is 0 Å². The molecular weight excluding hydrogens is 264 g/mol. The van der Waals surface area contributed by atoms with Gasteiger partial charge in [-0.1, -0.05) is 41.5 Å². The molecule has 0 fully saturated rings. The summed E-state index contributed by atoms with van der Waals surface area (Å²) in [6.07, 6.45) is 0. The van der Waals surface area contributed by atoms with Crippen LogP contribution < -0.4 is 0 Å². The van der Waals surface area contributed by atoms with E-state index in [4.69, 9.17) is 0 Å². The molecule has 0 amide bonds. The van der Waals surface area contributed by atoms with E-state index >= 15 is 0 Å². The van der Waals surface area contributed by atoms with Crippen LogP contribution in [0.4, 0.5) is 0 Å². The van der Waals surface area contributed by atoms with E-state index in [1.165, 1.54) is 22.3 Å². The van der Waals surface area contributed by atoms with Gasteiger partial charge >= 0.3 is 21.7 Å². The number of hydrogen-bond acceptors (Lipinski definition) is 0. The summed E-state index contributed by atoms with van der Waals surface area (Å²) in [7, 11) is 0. The second kappa shape index (κ2) is 8.56. The summed E-state index contributed by atoms with van der Waals surface area (Å²) < 4.78 is 0. The molecule has 2 rings (SSSR count). The standard InChI is InChI=1S/2C9H13.Ti/c2*1-7(2)9-6-4-5-8(9)3;/h2*4-7H,1-3H3;/q2*-1;+2. The SMILES string of the molecule is C[c-]1cccc1C(C)C.C[c-]1cccc1C(C)C.[Ti+2]. The van der Waals surface area contributed by atoms with Gasteiger partial charge in [0.1, 0.15) is 0 Å². The zero-order valence-corrected chi connectivity index (χ0v) is 14.7. The summed E-state index contributed by atoms with van der Waals surface area (Å²) in [4.78, 5) is 0. The van der Waals surface area contributed by atoms with Crippen LogP contribution in [0.1, 0.15) is 61.8 Å². The van der Waals surface area contributed by atoms with Crippen molar-refractivity contribution in [2.75, 3.05) is 0 Å². The van der Waals surface area contributed by atoms with Gasteiger partial charge in [-0.15, -0.1) is 0 Å². The third kappa shape index (κ3) is 5.51. The van der Waals surface area contributed by atoms with E-state index in [1.54, 1.807) is 0 Å². The van der Waals surface area contributed by atoms with E-state index in [0.29, 0.717) is 11.8 Å². The number of aryl methyl sites for hydroxylation is 2. The average molecular weight is 290 g/mol. The largest absolute Gasteiger partial charge is 2.00 e. The Kier molecular flexibility index (Phi) is 8.29. The number of rotatable bonds is 2. The molecule has 0 aliphatic rings. The van der Waals surface area contributed by atoms with Crippen LogP contribution in [-0.2, 0) is 21.7 Å². The molecule has 0 aromatic heterocycles. The molecule has 0 radical (unpaired) electrons. The van der Waals surface area contributed by atoms with E-state index in [-0.39, 0.29) is 21.7 Å². The molecule has 0 atom stereocenters. The maximum absolute atomic E-state index is 2.22. The molecule has 0 spiro atoms. The maximum Gasteiger partial charge on any atom is 2.00 e. The summed E-state index contributed by atoms with van der Waals surface area (Å²) >= 11 is 0. The van der Waals surface area contributed by atoms with E-state index < -0.39 is 0 Å². The molecule has 102 valence electrons. The summed E-state index contributed by atoms with van der Waals surface area (Å²) in [5, 5.41) is 0. The molecule has 2 aromatic carbocycles. The Morgan fingerprint density at radius 3 is 1.16 bits per heavy atom. The number of hydrogen-bond donors (Lipinski definition) is 0. The van der Waals surface area contributed by atoms with Gasteiger partial charge in [0.2, 0.25) is 0 Å². The van der Waals surface area contributed by atoms with Crippen LogP contribution in [0.3, 0.4) is 0 Å². The van der Waals surface area contributed by atoms with Gasteiger partial charge in [-0.3, -0.25) is 0 Å². The predicted molar refractivity (Wildman–Crippen MR) is 81.7 cm³/mol. The van der Waals surface area contributed by atoms with Crippen molar-refractivity contribution in [2.45, 2.75) is 53.4 Å². The minimum atomic E-state index is 0. The molecule has 0 N–H and O–H groups in total. The topological polar surface area (TPSA) is 0 Å². The van der Waals surface area contributed by atoms with Gasteiger partial charge in [0.15, 0.2) is 0 Å². The molecule has 0 unspecified atom stereocenters. The molecule has 0 heterocycles. The van der Waals surface area contributed by atoms with Crippen molar-refractivity contribution in [3.63, 3.8) is 0 Å². The van der Waals surface area contributed by atoms with Crippen LogP contribution in [0.25, 0.3) is 0 Å². The molecule has 0 saturated heterocycles. The summed E-state index contributed by atoms with van der Waals surface area (Å²) in [5.41, 5.74) is 5.81.